The Morgan fingerprint density at radius 3 is 2.42 bits per heavy atom. The Labute approximate surface area is 108 Å². The van der Waals surface area contributed by atoms with Crippen molar-refractivity contribution in [3.63, 3.8) is 0 Å². The minimum Gasteiger partial charge on any atom is -0.483 e. The van der Waals surface area contributed by atoms with Gasteiger partial charge in [0.05, 0.1) is 0 Å². The van der Waals surface area contributed by atoms with Crippen molar-refractivity contribution in [2.45, 2.75) is 19.0 Å². The van der Waals surface area contributed by atoms with Gasteiger partial charge in [-0.2, -0.15) is 0 Å². The molecule has 1 aromatic rings. The van der Waals surface area contributed by atoms with E-state index in [0.717, 1.165) is 26.0 Å². The third kappa shape index (κ3) is 3.59. The first kappa shape index (κ1) is 15.8. The first-order chi connectivity index (χ1) is 8.55. The lowest BCUT2D eigenvalue weighted by Crippen LogP contribution is -2.35. The van der Waals surface area contributed by atoms with E-state index in [0.29, 0.717) is 6.07 Å². The van der Waals surface area contributed by atoms with Crippen molar-refractivity contribution in [1.29, 1.82) is 0 Å². The van der Waals surface area contributed by atoms with Crippen LogP contribution in [0.1, 0.15) is 13.8 Å². The lowest BCUT2D eigenvalue weighted by atomic mass is 10.1. The second-order valence-electron chi connectivity index (χ2n) is 4.39. The maximum Gasteiger partial charge on any atom is 0.338 e. The van der Waals surface area contributed by atoms with Crippen molar-refractivity contribution in [2.75, 3.05) is 6.61 Å². The molecule has 0 fully saturated rings. The van der Waals surface area contributed by atoms with Crippen LogP contribution in [-0.2, 0) is 9.36 Å². The van der Waals surface area contributed by atoms with Crippen LogP contribution in [-0.4, -0.2) is 27.3 Å². The summed E-state index contributed by atoms with van der Waals surface area (Å²) in [5, 5.41) is -1.93. The van der Waals surface area contributed by atoms with E-state index in [9.17, 15) is 18.1 Å². The number of ether oxygens (including phenoxy) is 1. The Bertz CT molecular complexity index is 538. The van der Waals surface area contributed by atoms with Gasteiger partial charge in [0.1, 0.15) is 17.6 Å². The lowest BCUT2D eigenvalue weighted by molar-refractivity contribution is -0.123. The predicted octanol–water partition coefficient (Wildman–Crippen LogP) is 1.87. The fourth-order valence-corrected chi connectivity index (χ4v) is 1.46. The quantitative estimate of drug-likeness (QED) is 0.810. The highest BCUT2D eigenvalue weighted by molar-refractivity contribution is 7.54. The van der Waals surface area contributed by atoms with Gasteiger partial charge >= 0.3 is 7.60 Å². The maximum absolute atomic E-state index is 13.2. The molecule has 0 heterocycles. The number of carbonyl (C=O) groups excluding carboxylic acids is 1. The van der Waals surface area contributed by atoms with Gasteiger partial charge in [-0.15, -0.1) is 0 Å². The van der Waals surface area contributed by atoms with Gasteiger partial charge in [-0.3, -0.25) is 9.36 Å². The minimum atomic E-state index is -4.65. The summed E-state index contributed by atoms with van der Waals surface area (Å²) in [5.41, 5.74) is 0. The molecular formula is C11H13F2O5P. The topological polar surface area (TPSA) is 83.8 Å². The third-order valence-electron chi connectivity index (χ3n) is 2.66. The van der Waals surface area contributed by atoms with Crippen LogP contribution in [0.15, 0.2) is 18.2 Å². The molecule has 0 unspecified atom stereocenters. The Balaban J connectivity index is 2.77. The summed E-state index contributed by atoms with van der Waals surface area (Å²) in [5.74, 6) is -3.05. The summed E-state index contributed by atoms with van der Waals surface area (Å²) in [7, 11) is -4.65. The van der Waals surface area contributed by atoms with Crippen molar-refractivity contribution >= 4 is 13.4 Å². The number of halogens is 2. The zero-order valence-electron chi connectivity index (χ0n) is 10.3. The molecule has 0 aliphatic carbocycles. The Morgan fingerprint density at radius 1 is 1.37 bits per heavy atom. The van der Waals surface area contributed by atoms with Crippen LogP contribution in [0.5, 0.6) is 5.75 Å². The molecule has 1 aromatic carbocycles. The average Bonchev–Trinajstić information content (AvgIpc) is 2.25. The molecule has 0 bridgehead atoms. The Morgan fingerprint density at radius 2 is 1.95 bits per heavy atom. The minimum absolute atomic E-state index is 0.365. The van der Waals surface area contributed by atoms with E-state index in [1.54, 1.807) is 0 Å². The summed E-state index contributed by atoms with van der Waals surface area (Å²) in [4.78, 5) is 29.7. The Hall–Kier alpha value is -1.30. The number of hydrogen-bond donors (Lipinski definition) is 2. The van der Waals surface area contributed by atoms with E-state index in [1.165, 1.54) is 0 Å². The van der Waals surface area contributed by atoms with Crippen LogP contribution >= 0.6 is 7.60 Å². The number of carbonyl (C=O) groups is 1. The molecule has 5 nitrogen and oxygen atoms in total. The maximum atomic E-state index is 13.2. The average molecular weight is 294 g/mol. The van der Waals surface area contributed by atoms with E-state index in [1.807, 2.05) is 0 Å². The van der Waals surface area contributed by atoms with Crippen molar-refractivity contribution in [1.82, 2.24) is 0 Å². The fraction of sp³-hybridized carbons (Fsp3) is 0.364. The standard InChI is InChI=1S/C11H13F2O5P/c1-11(2,19(15,16)17)10(14)6-18-9-4-3-7(12)5-8(9)13/h3-5H,6H2,1-2H3,(H2,15,16,17). The zero-order chi connectivity index (χ0) is 14.8. The molecule has 0 spiro atoms. The monoisotopic (exact) mass is 294 g/mol. The zero-order valence-corrected chi connectivity index (χ0v) is 11.2. The van der Waals surface area contributed by atoms with Gasteiger partial charge < -0.3 is 14.5 Å². The van der Waals surface area contributed by atoms with Crippen LogP contribution in [0, 0.1) is 11.6 Å². The molecule has 0 aromatic heterocycles. The molecule has 0 radical (unpaired) electrons. The molecule has 0 amide bonds. The van der Waals surface area contributed by atoms with Crippen molar-refractivity contribution in [3.05, 3.63) is 29.8 Å². The summed E-state index contributed by atoms with van der Waals surface area (Å²) in [6, 6.07) is 2.51. The van der Waals surface area contributed by atoms with Crippen LogP contribution in [0.3, 0.4) is 0 Å². The number of Topliss-reactive ketones (excluding diaryl/α,β-unsaturated/α-hetero) is 1. The van der Waals surface area contributed by atoms with Crippen LogP contribution in [0.2, 0.25) is 0 Å². The number of ketones is 1. The molecule has 0 aliphatic heterocycles. The molecule has 0 aliphatic rings. The molecule has 1 rings (SSSR count). The van der Waals surface area contributed by atoms with E-state index in [-0.39, 0.29) is 5.75 Å². The number of rotatable bonds is 5. The molecule has 0 saturated carbocycles. The van der Waals surface area contributed by atoms with Gasteiger partial charge in [0, 0.05) is 6.07 Å². The summed E-state index contributed by atoms with van der Waals surface area (Å²) in [6.45, 7) is 1.42. The van der Waals surface area contributed by atoms with Crippen molar-refractivity contribution < 1.29 is 32.7 Å². The fourth-order valence-electron chi connectivity index (χ4n) is 1.07. The highest BCUT2D eigenvalue weighted by atomic mass is 31.2. The molecule has 106 valence electrons. The third-order valence-corrected chi connectivity index (χ3v) is 4.37. The van der Waals surface area contributed by atoms with Gasteiger partial charge in [0.25, 0.3) is 0 Å². The van der Waals surface area contributed by atoms with Gasteiger partial charge in [0.15, 0.2) is 17.3 Å². The van der Waals surface area contributed by atoms with Crippen molar-refractivity contribution in [3.8, 4) is 5.75 Å². The van der Waals surface area contributed by atoms with Gasteiger partial charge in [-0.1, -0.05) is 0 Å². The largest absolute Gasteiger partial charge is 0.483 e. The summed E-state index contributed by atoms with van der Waals surface area (Å²) in [6.07, 6.45) is 0. The predicted molar refractivity (Wildman–Crippen MR) is 63.0 cm³/mol. The van der Waals surface area contributed by atoms with E-state index < -0.39 is 36.8 Å². The molecule has 8 heteroatoms. The van der Waals surface area contributed by atoms with Gasteiger partial charge in [-0.25, -0.2) is 8.78 Å². The van der Waals surface area contributed by atoms with Gasteiger partial charge in [0.2, 0.25) is 0 Å². The van der Waals surface area contributed by atoms with Crippen LogP contribution < -0.4 is 4.74 Å². The molecule has 0 saturated heterocycles. The van der Waals surface area contributed by atoms with E-state index >= 15 is 0 Å². The van der Waals surface area contributed by atoms with Crippen LogP contribution in [0.25, 0.3) is 0 Å². The Kier molecular flexibility index (Phi) is 4.45. The smallest absolute Gasteiger partial charge is 0.338 e. The van der Waals surface area contributed by atoms with E-state index in [2.05, 4.69) is 0 Å². The van der Waals surface area contributed by atoms with E-state index in [4.69, 9.17) is 14.5 Å². The SMILES string of the molecule is CC(C)(C(=O)COc1ccc(F)cc1F)P(=O)(O)O. The highest BCUT2D eigenvalue weighted by Crippen LogP contribution is 2.50. The second kappa shape index (κ2) is 5.36. The first-order valence-electron chi connectivity index (χ1n) is 5.22. The summed E-state index contributed by atoms with van der Waals surface area (Å²) >= 11 is 0. The number of hydrogen-bond acceptors (Lipinski definition) is 3. The molecule has 19 heavy (non-hydrogen) atoms. The number of benzene rings is 1. The normalized spacial score (nSPS) is 12.3. The molecular weight excluding hydrogens is 281 g/mol. The molecule has 2 N–H and O–H groups in total. The molecule has 0 atom stereocenters. The lowest BCUT2D eigenvalue weighted by Gasteiger charge is -2.23. The summed E-state index contributed by atoms with van der Waals surface area (Å²) < 4.78 is 41.7. The first-order valence-corrected chi connectivity index (χ1v) is 6.84. The second-order valence-corrected chi connectivity index (χ2v) is 6.60. The van der Waals surface area contributed by atoms with Gasteiger partial charge in [-0.05, 0) is 26.0 Å². The van der Waals surface area contributed by atoms with Crippen LogP contribution in [0.4, 0.5) is 8.78 Å². The van der Waals surface area contributed by atoms with Crippen molar-refractivity contribution in [2.24, 2.45) is 0 Å². The highest BCUT2D eigenvalue weighted by Gasteiger charge is 2.44.